The number of sulfonamides is 1. The van der Waals surface area contributed by atoms with E-state index in [2.05, 4.69) is 14.7 Å². The van der Waals surface area contributed by atoms with Gasteiger partial charge in [-0.1, -0.05) is 30.7 Å². The van der Waals surface area contributed by atoms with Gasteiger partial charge in [-0.3, -0.25) is 9.52 Å². The summed E-state index contributed by atoms with van der Waals surface area (Å²) in [6, 6.07) is 10.5. The van der Waals surface area contributed by atoms with E-state index in [0.717, 1.165) is 17.7 Å². The molecule has 11 heteroatoms. The molecule has 178 valence electrons. The summed E-state index contributed by atoms with van der Waals surface area (Å²) < 4.78 is 55.8. The van der Waals surface area contributed by atoms with Gasteiger partial charge in [-0.05, 0) is 42.3 Å². The Morgan fingerprint density at radius 2 is 1.82 bits per heavy atom. The van der Waals surface area contributed by atoms with Gasteiger partial charge in [0.05, 0.1) is 17.0 Å². The first-order valence-electron chi connectivity index (χ1n) is 9.96. The molecule has 2 aromatic heterocycles. The minimum atomic E-state index is -3.84. The fraction of sp³-hybridized carbons (Fsp3) is 0.130. The SMILES string of the molecule is CCCS(=O)(=O)Nc1ccc(F)c(C(=O)c2c[nH]c3ncc(-c4ccc(Cl)cc4)cc23)c1F.Cl. The molecule has 0 unspecified atom stereocenters. The molecule has 6 nitrogen and oxygen atoms in total. The molecule has 0 saturated carbocycles. The predicted octanol–water partition coefficient (Wildman–Crippen LogP) is 5.97. The van der Waals surface area contributed by atoms with Gasteiger partial charge in [-0.25, -0.2) is 22.2 Å². The average Bonchev–Trinajstić information content (AvgIpc) is 3.19. The zero-order valence-electron chi connectivity index (χ0n) is 17.7. The van der Waals surface area contributed by atoms with E-state index in [-0.39, 0.29) is 23.7 Å². The van der Waals surface area contributed by atoms with Crippen molar-refractivity contribution in [2.75, 3.05) is 10.5 Å². The number of pyridine rings is 1. The van der Waals surface area contributed by atoms with Crippen LogP contribution in [0.4, 0.5) is 14.5 Å². The number of H-pyrrole nitrogens is 1. The first-order chi connectivity index (χ1) is 15.7. The summed E-state index contributed by atoms with van der Waals surface area (Å²) in [5, 5.41) is 0.925. The van der Waals surface area contributed by atoms with Crippen molar-refractivity contribution in [2.24, 2.45) is 0 Å². The molecule has 0 atom stereocenters. The molecule has 34 heavy (non-hydrogen) atoms. The molecule has 2 N–H and O–H groups in total. The van der Waals surface area contributed by atoms with E-state index < -0.39 is 38.7 Å². The number of hydrogen-bond acceptors (Lipinski definition) is 4. The zero-order valence-corrected chi connectivity index (χ0v) is 20.1. The number of hydrogen-bond donors (Lipinski definition) is 2. The molecule has 2 aromatic carbocycles. The van der Waals surface area contributed by atoms with E-state index in [4.69, 9.17) is 11.6 Å². The summed E-state index contributed by atoms with van der Waals surface area (Å²) in [4.78, 5) is 20.3. The van der Waals surface area contributed by atoms with Crippen LogP contribution in [0.2, 0.25) is 5.02 Å². The van der Waals surface area contributed by atoms with Crippen molar-refractivity contribution >= 4 is 56.5 Å². The van der Waals surface area contributed by atoms with E-state index in [1.54, 1.807) is 43.5 Å². The summed E-state index contributed by atoms with van der Waals surface area (Å²) in [5.41, 5.74) is 0.474. The Morgan fingerprint density at radius 3 is 2.50 bits per heavy atom. The van der Waals surface area contributed by atoms with E-state index in [9.17, 15) is 17.6 Å². The molecule has 4 aromatic rings. The number of ketones is 1. The van der Waals surface area contributed by atoms with Gasteiger partial charge < -0.3 is 4.98 Å². The highest BCUT2D eigenvalue weighted by atomic mass is 35.5. The van der Waals surface area contributed by atoms with E-state index in [1.807, 2.05) is 0 Å². The van der Waals surface area contributed by atoms with Crippen molar-refractivity contribution in [1.29, 1.82) is 0 Å². The van der Waals surface area contributed by atoms with Gasteiger partial charge in [-0.2, -0.15) is 0 Å². The lowest BCUT2D eigenvalue weighted by Gasteiger charge is -2.11. The van der Waals surface area contributed by atoms with E-state index >= 15 is 4.39 Å². The number of anilines is 1. The lowest BCUT2D eigenvalue weighted by atomic mass is 10.00. The van der Waals surface area contributed by atoms with Crippen molar-refractivity contribution < 1.29 is 22.0 Å². The van der Waals surface area contributed by atoms with Crippen LogP contribution in [-0.2, 0) is 10.0 Å². The highest BCUT2D eigenvalue weighted by Crippen LogP contribution is 2.30. The lowest BCUT2D eigenvalue weighted by molar-refractivity contribution is 0.103. The zero-order chi connectivity index (χ0) is 23.8. The quantitative estimate of drug-likeness (QED) is 0.291. The second-order valence-corrected chi connectivity index (χ2v) is 9.64. The minimum Gasteiger partial charge on any atom is -0.345 e. The fourth-order valence-electron chi connectivity index (χ4n) is 3.45. The smallest absolute Gasteiger partial charge is 0.232 e. The highest BCUT2D eigenvalue weighted by Gasteiger charge is 2.26. The second-order valence-electron chi connectivity index (χ2n) is 7.36. The van der Waals surface area contributed by atoms with Crippen LogP contribution in [0.25, 0.3) is 22.2 Å². The Morgan fingerprint density at radius 1 is 1.12 bits per heavy atom. The maximum atomic E-state index is 15.1. The Hall–Kier alpha value is -3.01. The summed E-state index contributed by atoms with van der Waals surface area (Å²) in [6.07, 6.45) is 3.22. The summed E-state index contributed by atoms with van der Waals surface area (Å²) in [7, 11) is -3.84. The van der Waals surface area contributed by atoms with Crippen molar-refractivity contribution in [3.8, 4) is 11.1 Å². The third-order valence-corrected chi connectivity index (χ3v) is 6.74. The molecular weight excluding hydrogens is 507 g/mol. The number of aromatic amines is 1. The second kappa shape index (κ2) is 10.1. The number of rotatable bonds is 7. The molecule has 0 saturated heterocycles. The summed E-state index contributed by atoms with van der Waals surface area (Å²) >= 11 is 5.93. The van der Waals surface area contributed by atoms with E-state index in [1.165, 1.54) is 6.20 Å². The molecule has 0 amide bonds. The Labute approximate surface area is 205 Å². The molecular formula is C23H19Cl2F2N3O3S. The number of nitrogens with zero attached hydrogens (tertiary/aromatic N) is 1. The molecule has 0 aliphatic rings. The van der Waals surface area contributed by atoms with Gasteiger partial charge in [0, 0.05) is 33.9 Å². The van der Waals surface area contributed by atoms with Crippen LogP contribution in [0, 0.1) is 11.6 Å². The van der Waals surface area contributed by atoms with Crippen molar-refractivity contribution in [1.82, 2.24) is 9.97 Å². The fourth-order valence-corrected chi connectivity index (χ4v) is 4.71. The number of aromatic nitrogens is 2. The van der Waals surface area contributed by atoms with Gasteiger partial charge in [0.15, 0.2) is 5.82 Å². The van der Waals surface area contributed by atoms with Gasteiger partial charge in [0.1, 0.15) is 11.5 Å². The van der Waals surface area contributed by atoms with Crippen molar-refractivity contribution in [2.45, 2.75) is 13.3 Å². The Kier molecular flexibility index (Phi) is 7.60. The van der Waals surface area contributed by atoms with E-state index in [0.29, 0.717) is 28.0 Å². The Bertz CT molecular complexity index is 1470. The third kappa shape index (κ3) is 5.06. The monoisotopic (exact) mass is 525 g/mol. The van der Waals surface area contributed by atoms with Crippen LogP contribution < -0.4 is 4.72 Å². The summed E-state index contributed by atoms with van der Waals surface area (Å²) in [6.45, 7) is 1.65. The van der Waals surface area contributed by atoms with Crippen LogP contribution >= 0.6 is 24.0 Å². The third-order valence-electron chi connectivity index (χ3n) is 5.01. The molecule has 0 bridgehead atoms. The van der Waals surface area contributed by atoms with Gasteiger partial charge >= 0.3 is 0 Å². The number of nitrogens with one attached hydrogen (secondary N) is 2. The summed E-state index contributed by atoms with van der Waals surface area (Å²) in [5.74, 6) is -3.57. The molecule has 2 heterocycles. The van der Waals surface area contributed by atoms with Gasteiger partial charge in [0.2, 0.25) is 15.8 Å². The van der Waals surface area contributed by atoms with Crippen LogP contribution in [0.5, 0.6) is 0 Å². The van der Waals surface area contributed by atoms with Crippen molar-refractivity contribution in [3.05, 3.63) is 82.6 Å². The number of carbonyl (C=O) groups is 1. The maximum absolute atomic E-state index is 15.1. The number of benzene rings is 2. The number of halogens is 4. The van der Waals surface area contributed by atoms with Gasteiger partial charge in [0.25, 0.3) is 0 Å². The van der Waals surface area contributed by atoms with Crippen LogP contribution in [0.3, 0.4) is 0 Å². The standard InChI is InChI=1S/C23H18ClF2N3O3S.ClH/c1-2-9-33(31,32)29-19-8-7-18(25)20(21(19)26)22(30)17-12-28-23-16(17)10-14(11-27-23)13-3-5-15(24)6-4-13;/h3-8,10-12,29H,2,9H2,1H3,(H,27,28);1H. The molecule has 0 spiro atoms. The van der Waals surface area contributed by atoms with Crippen LogP contribution in [0.1, 0.15) is 29.3 Å². The van der Waals surface area contributed by atoms with Crippen LogP contribution in [-0.4, -0.2) is 29.9 Å². The molecule has 0 aliphatic heterocycles. The lowest BCUT2D eigenvalue weighted by Crippen LogP contribution is -2.18. The number of carbonyl (C=O) groups excluding carboxylic acids is 1. The maximum Gasteiger partial charge on any atom is 0.232 e. The van der Waals surface area contributed by atoms with Crippen molar-refractivity contribution in [3.63, 3.8) is 0 Å². The average molecular weight is 526 g/mol. The largest absolute Gasteiger partial charge is 0.345 e. The molecule has 4 rings (SSSR count). The van der Waals surface area contributed by atoms with Crippen LogP contribution in [0.15, 0.2) is 54.9 Å². The first-order valence-corrected chi connectivity index (χ1v) is 12.0. The predicted molar refractivity (Wildman–Crippen MR) is 131 cm³/mol. The minimum absolute atomic E-state index is 0. The van der Waals surface area contributed by atoms with Gasteiger partial charge in [-0.15, -0.1) is 12.4 Å². The highest BCUT2D eigenvalue weighted by molar-refractivity contribution is 7.92. The first kappa shape index (κ1) is 25.6. The topological polar surface area (TPSA) is 91.9 Å². The normalized spacial score (nSPS) is 11.3. The number of fused-ring (bicyclic) bond motifs is 1. The molecule has 0 radical (unpaired) electrons. The Balaban J connectivity index is 0.00000324. The molecule has 0 aliphatic carbocycles. The molecule has 0 fully saturated rings.